The number of ketones is 1. The Morgan fingerprint density at radius 1 is 1.00 bits per heavy atom. The van der Waals surface area contributed by atoms with Gasteiger partial charge in [-0.25, -0.2) is 0 Å². The fourth-order valence-corrected chi connectivity index (χ4v) is 2.77. The van der Waals surface area contributed by atoms with Crippen molar-refractivity contribution in [3.63, 3.8) is 0 Å². The molecule has 5 atom stereocenters. The molecule has 25 heavy (non-hydrogen) atoms. The van der Waals surface area contributed by atoms with Crippen LogP contribution in [0.15, 0.2) is 0 Å². The smallest absolute Gasteiger partial charge is 0.233 e. The molecule has 0 aliphatic heterocycles. The van der Waals surface area contributed by atoms with Gasteiger partial charge in [0.1, 0.15) is 5.92 Å². The number of hydrogen-bond acceptors (Lipinski definition) is 5. The number of aliphatic hydroxyl groups excluding tert-OH is 1. The molecule has 0 aliphatic rings. The van der Waals surface area contributed by atoms with E-state index < -0.39 is 35.8 Å². The minimum absolute atomic E-state index is 0.226. The second kappa shape index (κ2) is 11.6. The van der Waals surface area contributed by atoms with Crippen LogP contribution in [0.4, 0.5) is 0 Å². The lowest BCUT2D eigenvalue weighted by Gasteiger charge is -2.29. The molecule has 0 radical (unpaired) electrons. The molecule has 148 valence electrons. The lowest BCUT2D eigenvalue weighted by molar-refractivity contribution is -0.140. The van der Waals surface area contributed by atoms with Crippen LogP contribution in [0, 0.1) is 23.7 Å². The van der Waals surface area contributed by atoms with E-state index in [9.17, 15) is 14.7 Å². The van der Waals surface area contributed by atoms with E-state index >= 15 is 0 Å². The SMILES string of the molecule is CC[C@H](C)CNC(=O)C(C(=O)[C@@H](N)CC(C)C)C(O)C(N)CC(C)C. The van der Waals surface area contributed by atoms with E-state index in [4.69, 9.17) is 11.5 Å². The molecule has 0 fully saturated rings. The molecule has 0 bridgehead atoms. The zero-order valence-electron chi connectivity index (χ0n) is 16.8. The van der Waals surface area contributed by atoms with E-state index in [2.05, 4.69) is 5.32 Å². The average Bonchev–Trinajstić information content (AvgIpc) is 2.50. The van der Waals surface area contributed by atoms with Crippen molar-refractivity contribution < 1.29 is 14.7 Å². The molecule has 0 aliphatic carbocycles. The van der Waals surface area contributed by atoms with Gasteiger partial charge in [-0.1, -0.05) is 48.0 Å². The number of carbonyl (C=O) groups excluding carboxylic acids is 2. The molecule has 6 N–H and O–H groups in total. The minimum Gasteiger partial charge on any atom is -0.390 e. The number of Topliss-reactive ketones (excluding diaryl/α,β-unsaturated/α-hetero) is 1. The summed E-state index contributed by atoms with van der Waals surface area (Å²) in [5.41, 5.74) is 12.1. The fourth-order valence-electron chi connectivity index (χ4n) is 2.77. The highest BCUT2D eigenvalue weighted by molar-refractivity contribution is 6.04. The first-order chi connectivity index (χ1) is 11.5. The van der Waals surface area contributed by atoms with Crippen LogP contribution in [0.2, 0.25) is 0 Å². The summed E-state index contributed by atoms with van der Waals surface area (Å²) in [4.78, 5) is 25.4. The van der Waals surface area contributed by atoms with Gasteiger partial charge in [0, 0.05) is 12.6 Å². The number of carbonyl (C=O) groups is 2. The van der Waals surface area contributed by atoms with Crippen LogP contribution in [0.5, 0.6) is 0 Å². The Balaban J connectivity index is 5.27. The van der Waals surface area contributed by atoms with Gasteiger partial charge in [0.15, 0.2) is 5.78 Å². The Labute approximate surface area is 153 Å². The minimum atomic E-state index is -1.23. The van der Waals surface area contributed by atoms with Crippen molar-refractivity contribution in [2.45, 2.75) is 79.0 Å². The van der Waals surface area contributed by atoms with Crippen LogP contribution in [-0.2, 0) is 9.59 Å². The molecule has 6 nitrogen and oxygen atoms in total. The Kier molecular flexibility index (Phi) is 11.1. The van der Waals surface area contributed by atoms with E-state index in [0.717, 1.165) is 6.42 Å². The van der Waals surface area contributed by atoms with Crippen molar-refractivity contribution in [3.8, 4) is 0 Å². The van der Waals surface area contributed by atoms with Crippen LogP contribution in [-0.4, -0.2) is 41.5 Å². The predicted molar refractivity (Wildman–Crippen MR) is 102 cm³/mol. The second-order valence-corrected chi connectivity index (χ2v) is 8.16. The summed E-state index contributed by atoms with van der Waals surface area (Å²) in [6.07, 6.45) is 0.689. The highest BCUT2D eigenvalue weighted by atomic mass is 16.3. The van der Waals surface area contributed by atoms with Crippen LogP contribution < -0.4 is 16.8 Å². The van der Waals surface area contributed by atoms with Gasteiger partial charge in [0.05, 0.1) is 12.1 Å². The largest absolute Gasteiger partial charge is 0.390 e. The number of hydrogen-bond donors (Lipinski definition) is 4. The molecular weight excluding hydrogens is 318 g/mol. The molecule has 0 saturated heterocycles. The van der Waals surface area contributed by atoms with E-state index in [1.807, 2.05) is 41.5 Å². The quantitative estimate of drug-likeness (QED) is 0.394. The van der Waals surface area contributed by atoms with E-state index in [0.29, 0.717) is 25.3 Å². The molecule has 3 unspecified atom stereocenters. The fraction of sp³-hybridized carbons (Fsp3) is 0.895. The van der Waals surface area contributed by atoms with Gasteiger partial charge in [0.2, 0.25) is 5.91 Å². The van der Waals surface area contributed by atoms with E-state index in [1.165, 1.54) is 0 Å². The summed E-state index contributed by atoms with van der Waals surface area (Å²) >= 11 is 0. The summed E-state index contributed by atoms with van der Waals surface area (Å²) in [7, 11) is 0. The Morgan fingerprint density at radius 3 is 1.96 bits per heavy atom. The van der Waals surface area contributed by atoms with E-state index in [-0.39, 0.29) is 11.8 Å². The third kappa shape index (κ3) is 8.79. The summed E-state index contributed by atoms with van der Waals surface area (Å²) in [5, 5.41) is 13.4. The number of nitrogens with one attached hydrogen (secondary N) is 1. The first-order valence-corrected chi connectivity index (χ1v) is 9.51. The predicted octanol–water partition coefficient (Wildman–Crippen LogP) is 1.44. The molecule has 6 heteroatoms. The first-order valence-electron chi connectivity index (χ1n) is 9.51. The molecule has 0 rings (SSSR count). The van der Waals surface area contributed by atoms with Gasteiger partial charge >= 0.3 is 0 Å². The van der Waals surface area contributed by atoms with Crippen LogP contribution in [0.3, 0.4) is 0 Å². The van der Waals surface area contributed by atoms with E-state index in [1.54, 1.807) is 0 Å². The number of rotatable bonds is 12. The van der Waals surface area contributed by atoms with Gasteiger partial charge in [-0.05, 0) is 30.6 Å². The van der Waals surface area contributed by atoms with Crippen LogP contribution in [0.1, 0.15) is 60.8 Å². The number of amides is 1. The van der Waals surface area contributed by atoms with Crippen molar-refractivity contribution >= 4 is 11.7 Å². The third-order valence-electron chi connectivity index (χ3n) is 4.53. The van der Waals surface area contributed by atoms with Crippen LogP contribution in [0.25, 0.3) is 0 Å². The monoisotopic (exact) mass is 357 g/mol. The maximum Gasteiger partial charge on any atom is 0.233 e. The molecule has 0 aromatic rings. The van der Waals surface area contributed by atoms with Crippen molar-refractivity contribution in [3.05, 3.63) is 0 Å². The van der Waals surface area contributed by atoms with Crippen LogP contribution >= 0.6 is 0 Å². The maximum atomic E-state index is 12.8. The van der Waals surface area contributed by atoms with Crippen molar-refractivity contribution in [2.75, 3.05) is 6.54 Å². The topological polar surface area (TPSA) is 118 Å². The standard InChI is InChI=1S/C19H39N3O3/c1-7-13(6)10-22-19(25)16(17(23)14(20)8-11(2)3)18(24)15(21)9-12(4)5/h11-17,23H,7-10,20-21H2,1-6H3,(H,22,25)/t13-,14?,15-,16?,17?/m0/s1. The summed E-state index contributed by atoms with van der Waals surface area (Å²) in [5.74, 6) is -1.34. The zero-order valence-corrected chi connectivity index (χ0v) is 16.8. The third-order valence-corrected chi connectivity index (χ3v) is 4.53. The van der Waals surface area contributed by atoms with Gasteiger partial charge < -0.3 is 21.9 Å². The Hall–Kier alpha value is -0.980. The van der Waals surface area contributed by atoms with Gasteiger partial charge in [-0.2, -0.15) is 0 Å². The lowest BCUT2D eigenvalue weighted by atomic mass is 9.83. The zero-order chi connectivity index (χ0) is 19.7. The van der Waals surface area contributed by atoms with Gasteiger partial charge in [-0.15, -0.1) is 0 Å². The molecule has 0 heterocycles. The van der Waals surface area contributed by atoms with Gasteiger partial charge in [0.25, 0.3) is 0 Å². The molecular formula is C19H39N3O3. The first kappa shape index (κ1) is 24.0. The van der Waals surface area contributed by atoms with Crippen molar-refractivity contribution in [2.24, 2.45) is 35.1 Å². The molecule has 1 amide bonds. The molecule has 0 aromatic carbocycles. The highest BCUT2D eigenvalue weighted by Crippen LogP contribution is 2.18. The Morgan fingerprint density at radius 2 is 1.52 bits per heavy atom. The summed E-state index contributed by atoms with van der Waals surface area (Å²) in [6, 6.07) is -1.42. The van der Waals surface area contributed by atoms with Gasteiger partial charge in [-0.3, -0.25) is 9.59 Å². The van der Waals surface area contributed by atoms with Crippen molar-refractivity contribution in [1.29, 1.82) is 0 Å². The Bertz CT molecular complexity index is 413. The molecule has 0 aromatic heterocycles. The molecule has 0 saturated carbocycles. The summed E-state index contributed by atoms with van der Waals surface area (Å²) < 4.78 is 0. The molecule has 0 spiro atoms. The summed E-state index contributed by atoms with van der Waals surface area (Å²) in [6.45, 7) is 12.4. The average molecular weight is 358 g/mol. The number of aliphatic hydroxyl groups is 1. The normalized spacial score (nSPS) is 17.9. The highest BCUT2D eigenvalue weighted by Gasteiger charge is 2.39. The second-order valence-electron chi connectivity index (χ2n) is 8.16. The lowest BCUT2D eigenvalue weighted by Crippen LogP contribution is -2.54. The maximum absolute atomic E-state index is 12.8. The number of nitrogens with two attached hydrogens (primary N) is 2. The van der Waals surface area contributed by atoms with Crippen molar-refractivity contribution in [1.82, 2.24) is 5.32 Å².